The number of sulfonamides is 1. The molecule has 0 fully saturated rings. The topological polar surface area (TPSA) is 119 Å². The standard InChI is InChI=1S/C21H22N6O3S2/c1-12-7-14(27-32(4,28)29)8-13(2)20(12)17-10-23-26-21(25-17)22-11-19-24-16-9-15(30-3)5-6-18(16)31-19/h5-10,27H,11H2,1-4H3,(H,22,25,26). The molecule has 4 rings (SSSR count). The second kappa shape index (κ2) is 8.67. The third-order valence-electron chi connectivity index (χ3n) is 4.69. The molecule has 2 aromatic carbocycles. The summed E-state index contributed by atoms with van der Waals surface area (Å²) in [5.74, 6) is 1.16. The molecule has 9 nitrogen and oxygen atoms in total. The number of aryl methyl sites for hydroxylation is 2. The van der Waals surface area contributed by atoms with Crippen molar-refractivity contribution in [2.75, 3.05) is 23.4 Å². The Hall–Kier alpha value is -3.31. The molecule has 2 aromatic heterocycles. The van der Waals surface area contributed by atoms with Gasteiger partial charge in [0.2, 0.25) is 16.0 Å². The third kappa shape index (κ3) is 4.94. The minimum absolute atomic E-state index is 0.386. The minimum Gasteiger partial charge on any atom is -0.497 e. The van der Waals surface area contributed by atoms with E-state index in [1.165, 1.54) is 0 Å². The summed E-state index contributed by atoms with van der Waals surface area (Å²) in [4.78, 5) is 9.23. The van der Waals surface area contributed by atoms with Gasteiger partial charge in [0, 0.05) is 17.3 Å². The number of nitrogens with one attached hydrogen (secondary N) is 2. The van der Waals surface area contributed by atoms with Crippen molar-refractivity contribution >= 4 is 43.2 Å². The summed E-state index contributed by atoms with van der Waals surface area (Å²) in [6.45, 7) is 4.27. The minimum atomic E-state index is -3.35. The highest BCUT2D eigenvalue weighted by atomic mass is 32.2. The van der Waals surface area contributed by atoms with Crippen LogP contribution < -0.4 is 14.8 Å². The maximum atomic E-state index is 11.5. The van der Waals surface area contributed by atoms with Gasteiger partial charge < -0.3 is 10.1 Å². The van der Waals surface area contributed by atoms with E-state index in [4.69, 9.17) is 4.74 Å². The molecule has 0 aliphatic carbocycles. The van der Waals surface area contributed by atoms with E-state index in [1.54, 1.807) is 36.8 Å². The first kappa shape index (κ1) is 21.9. The molecule has 0 aliphatic heterocycles. The Bertz CT molecular complexity index is 1380. The van der Waals surface area contributed by atoms with Gasteiger partial charge in [0.25, 0.3) is 0 Å². The van der Waals surface area contributed by atoms with E-state index in [2.05, 4.69) is 30.2 Å². The molecule has 0 amide bonds. The molecule has 0 aliphatic rings. The van der Waals surface area contributed by atoms with Crippen molar-refractivity contribution < 1.29 is 13.2 Å². The van der Waals surface area contributed by atoms with Crippen LogP contribution in [-0.4, -0.2) is 41.9 Å². The SMILES string of the molecule is COc1ccc2sc(CNc3nncc(-c4c(C)cc(NS(C)(=O)=O)cc4C)n3)nc2c1. The van der Waals surface area contributed by atoms with E-state index in [9.17, 15) is 8.42 Å². The second-order valence-electron chi connectivity index (χ2n) is 7.32. The Morgan fingerprint density at radius 2 is 1.84 bits per heavy atom. The summed E-state index contributed by atoms with van der Waals surface area (Å²) < 4.78 is 31.9. The third-order valence-corrected chi connectivity index (χ3v) is 6.33. The molecule has 4 aromatic rings. The average molecular weight is 471 g/mol. The number of nitrogens with zero attached hydrogens (tertiary/aromatic N) is 4. The van der Waals surface area contributed by atoms with Gasteiger partial charge in [-0.25, -0.2) is 18.4 Å². The van der Waals surface area contributed by atoms with Crippen molar-refractivity contribution in [2.24, 2.45) is 0 Å². The number of rotatable bonds is 7. The highest BCUT2D eigenvalue weighted by molar-refractivity contribution is 7.92. The largest absolute Gasteiger partial charge is 0.497 e. The van der Waals surface area contributed by atoms with Gasteiger partial charge in [0.1, 0.15) is 10.8 Å². The van der Waals surface area contributed by atoms with Gasteiger partial charge in [-0.3, -0.25) is 4.72 Å². The van der Waals surface area contributed by atoms with Gasteiger partial charge in [-0.05, 0) is 49.2 Å². The smallest absolute Gasteiger partial charge is 0.243 e. The lowest BCUT2D eigenvalue weighted by Crippen LogP contribution is -2.10. The maximum absolute atomic E-state index is 11.5. The molecule has 0 unspecified atom stereocenters. The molecule has 0 saturated carbocycles. The zero-order chi connectivity index (χ0) is 22.9. The predicted octanol–water partition coefficient (Wildman–Crippen LogP) is 3.76. The lowest BCUT2D eigenvalue weighted by molar-refractivity contribution is 0.415. The number of hydrogen-bond acceptors (Lipinski definition) is 9. The maximum Gasteiger partial charge on any atom is 0.243 e. The van der Waals surface area contributed by atoms with Gasteiger partial charge in [0.15, 0.2) is 0 Å². The highest BCUT2D eigenvalue weighted by Crippen LogP contribution is 2.30. The number of aromatic nitrogens is 4. The van der Waals surface area contributed by atoms with Crippen LogP contribution in [-0.2, 0) is 16.6 Å². The molecular weight excluding hydrogens is 448 g/mol. The summed E-state index contributed by atoms with van der Waals surface area (Å²) in [5, 5.41) is 12.2. The summed E-state index contributed by atoms with van der Waals surface area (Å²) in [5.41, 5.74) is 4.68. The molecule has 0 radical (unpaired) electrons. The van der Waals surface area contributed by atoms with E-state index in [0.29, 0.717) is 23.9 Å². The number of ether oxygens (including phenoxy) is 1. The van der Waals surface area contributed by atoms with Crippen molar-refractivity contribution in [1.29, 1.82) is 0 Å². The number of anilines is 2. The second-order valence-corrected chi connectivity index (χ2v) is 10.2. The van der Waals surface area contributed by atoms with Crippen LogP contribution in [0.4, 0.5) is 11.6 Å². The normalized spacial score (nSPS) is 11.5. The van der Waals surface area contributed by atoms with Crippen LogP contribution in [0, 0.1) is 13.8 Å². The van der Waals surface area contributed by atoms with E-state index >= 15 is 0 Å². The fourth-order valence-corrected chi connectivity index (χ4v) is 4.89. The lowest BCUT2D eigenvalue weighted by Gasteiger charge is -2.13. The molecule has 2 N–H and O–H groups in total. The Morgan fingerprint density at radius 3 is 2.53 bits per heavy atom. The highest BCUT2D eigenvalue weighted by Gasteiger charge is 2.13. The van der Waals surface area contributed by atoms with Crippen molar-refractivity contribution in [3.05, 3.63) is 52.7 Å². The summed E-state index contributed by atoms with van der Waals surface area (Å²) in [7, 11) is -1.72. The first-order chi connectivity index (χ1) is 15.2. The van der Waals surface area contributed by atoms with Crippen LogP contribution in [0.2, 0.25) is 0 Å². The van der Waals surface area contributed by atoms with E-state index in [0.717, 1.165) is 43.9 Å². The van der Waals surface area contributed by atoms with Crippen LogP contribution in [0.1, 0.15) is 16.1 Å². The van der Waals surface area contributed by atoms with Crippen molar-refractivity contribution in [1.82, 2.24) is 20.2 Å². The van der Waals surface area contributed by atoms with Gasteiger partial charge in [0.05, 0.1) is 42.0 Å². The number of thiazole rings is 1. The van der Waals surface area contributed by atoms with Crippen LogP contribution in [0.15, 0.2) is 36.5 Å². The van der Waals surface area contributed by atoms with Gasteiger partial charge in [-0.1, -0.05) is 0 Å². The number of hydrogen-bond donors (Lipinski definition) is 2. The molecule has 0 atom stereocenters. The van der Waals surface area contributed by atoms with E-state index < -0.39 is 10.0 Å². The fourth-order valence-electron chi connectivity index (χ4n) is 3.45. The Morgan fingerprint density at radius 1 is 1.09 bits per heavy atom. The fraction of sp³-hybridized carbons (Fsp3) is 0.238. The molecule has 11 heteroatoms. The predicted molar refractivity (Wildman–Crippen MR) is 127 cm³/mol. The van der Waals surface area contributed by atoms with Crippen LogP contribution in [0.3, 0.4) is 0 Å². The molecule has 32 heavy (non-hydrogen) atoms. The first-order valence-electron chi connectivity index (χ1n) is 9.68. The van der Waals surface area contributed by atoms with Crippen LogP contribution in [0.25, 0.3) is 21.5 Å². The number of methoxy groups -OCH3 is 1. The van der Waals surface area contributed by atoms with Crippen molar-refractivity contribution in [3.8, 4) is 17.0 Å². The van der Waals surface area contributed by atoms with Crippen LogP contribution in [0.5, 0.6) is 5.75 Å². The van der Waals surface area contributed by atoms with Crippen molar-refractivity contribution in [2.45, 2.75) is 20.4 Å². The summed E-state index contributed by atoms with van der Waals surface area (Å²) >= 11 is 1.59. The molecule has 2 heterocycles. The zero-order valence-corrected chi connectivity index (χ0v) is 19.6. The molecule has 166 valence electrons. The Kier molecular flexibility index (Phi) is 5.94. The molecule has 0 spiro atoms. The Balaban J connectivity index is 1.55. The average Bonchev–Trinajstić information content (AvgIpc) is 3.13. The molecular formula is C21H22N6O3S2. The van der Waals surface area contributed by atoms with E-state index in [-0.39, 0.29) is 0 Å². The van der Waals surface area contributed by atoms with Gasteiger partial charge in [-0.2, -0.15) is 5.10 Å². The van der Waals surface area contributed by atoms with Gasteiger partial charge >= 0.3 is 0 Å². The zero-order valence-electron chi connectivity index (χ0n) is 18.0. The lowest BCUT2D eigenvalue weighted by atomic mass is 9.99. The summed E-state index contributed by atoms with van der Waals surface area (Å²) in [6, 6.07) is 9.35. The van der Waals surface area contributed by atoms with Gasteiger partial charge in [-0.15, -0.1) is 16.4 Å². The number of benzene rings is 2. The van der Waals surface area contributed by atoms with Crippen molar-refractivity contribution in [3.63, 3.8) is 0 Å². The Labute approximate surface area is 190 Å². The molecule has 0 saturated heterocycles. The monoisotopic (exact) mass is 470 g/mol. The molecule has 0 bridgehead atoms. The number of fused-ring (bicyclic) bond motifs is 1. The first-order valence-corrected chi connectivity index (χ1v) is 12.4. The quantitative estimate of drug-likeness (QED) is 0.419. The summed E-state index contributed by atoms with van der Waals surface area (Å²) in [6.07, 6.45) is 2.72. The van der Waals surface area contributed by atoms with Crippen LogP contribution >= 0.6 is 11.3 Å². The van der Waals surface area contributed by atoms with E-state index in [1.807, 2.05) is 32.0 Å².